The van der Waals surface area contributed by atoms with E-state index in [1.165, 1.54) is 5.57 Å². The number of rotatable bonds is 6. The topological polar surface area (TPSA) is 49.4 Å². The number of likely N-dealkylation sites (tertiary alicyclic amines) is 1. The summed E-state index contributed by atoms with van der Waals surface area (Å²) in [5.74, 6) is 0.978. The number of piperidine rings is 1. The van der Waals surface area contributed by atoms with E-state index < -0.39 is 0 Å². The molecule has 5 heteroatoms. The van der Waals surface area contributed by atoms with Gasteiger partial charge < -0.3 is 10.2 Å². The van der Waals surface area contributed by atoms with Crippen molar-refractivity contribution in [1.82, 2.24) is 10.2 Å². The van der Waals surface area contributed by atoms with Crippen LogP contribution in [0, 0.1) is 11.8 Å². The molecule has 0 spiro atoms. The van der Waals surface area contributed by atoms with Gasteiger partial charge in [-0.25, -0.2) is 0 Å². The second-order valence-electron chi connectivity index (χ2n) is 7.56. The molecule has 4 nitrogen and oxygen atoms in total. The Morgan fingerprint density at radius 3 is 2.42 bits per heavy atom. The minimum atomic E-state index is 0.00121. The van der Waals surface area contributed by atoms with Gasteiger partial charge in [0.05, 0.1) is 0 Å². The first-order valence-electron chi connectivity index (χ1n) is 9.48. The molecule has 1 N–H and O–H groups in total. The molecule has 2 amide bonds. The maximum Gasteiger partial charge on any atom is 0.223 e. The Bertz CT molecular complexity index is 655. The first-order chi connectivity index (χ1) is 12.5. The molecule has 1 saturated carbocycles. The summed E-state index contributed by atoms with van der Waals surface area (Å²) < 4.78 is 0. The van der Waals surface area contributed by atoms with Crippen LogP contribution < -0.4 is 5.32 Å². The highest BCUT2D eigenvalue weighted by molar-refractivity contribution is 6.30. The first-order valence-corrected chi connectivity index (χ1v) is 9.85. The highest BCUT2D eigenvalue weighted by Gasteiger charge is 2.28. The van der Waals surface area contributed by atoms with Gasteiger partial charge >= 0.3 is 0 Å². The Balaban J connectivity index is 1.35. The van der Waals surface area contributed by atoms with Crippen LogP contribution in [0.25, 0.3) is 0 Å². The lowest BCUT2D eigenvalue weighted by atomic mass is 9.78. The van der Waals surface area contributed by atoms with Crippen LogP contribution in [0.1, 0.15) is 44.1 Å². The van der Waals surface area contributed by atoms with Gasteiger partial charge in [0, 0.05) is 37.0 Å². The zero-order valence-electron chi connectivity index (χ0n) is 15.2. The van der Waals surface area contributed by atoms with E-state index in [4.69, 9.17) is 11.6 Å². The van der Waals surface area contributed by atoms with E-state index in [2.05, 4.69) is 11.9 Å². The van der Waals surface area contributed by atoms with Crippen molar-refractivity contribution in [1.29, 1.82) is 0 Å². The summed E-state index contributed by atoms with van der Waals surface area (Å²) in [5.41, 5.74) is 2.35. The molecular formula is C21H27ClN2O2. The van der Waals surface area contributed by atoms with Crippen molar-refractivity contribution in [2.75, 3.05) is 13.1 Å². The van der Waals surface area contributed by atoms with Crippen LogP contribution in [0.2, 0.25) is 5.02 Å². The summed E-state index contributed by atoms with van der Waals surface area (Å²) in [6.45, 7) is 5.85. The summed E-state index contributed by atoms with van der Waals surface area (Å²) in [5, 5.41) is 3.69. The van der Waals surface area contributed by atoms with Crippen molar-refractivity contribution in [2.45, 2.75) is 45.1 Å². The molecule has 1 aromatic carbocycles. The van der Waals surface area contributed by atoms with E-state index in [-0.39, 0.29) is 17.7 Å². The van der Waals surface area contributed by atoms with Crippen molar-refractivity contribution in [3.8, 4) is 0 Å². The average molecular weight is 375 g/mol. The lowest BCUT2D eigenvalue weighted by Crippen LogP contribution is -2.43. The second-order valence-corrected chi connectivity index (χ2v) is 8.00. The maximum absolute atomic E-state index is 12.4. The fourth-order valence-electron chi connectivity index (χ4n) is 3.77. The molecule has 0 unspecified atom stereocenters. The highest BCUT2D eigenvalue weighted by atomic mass is 35.5. The number of amides is 2. The average Bonchev–Trinajstić information content (AvgIpc) is 2.63. The molecule has 0 aromatic heterocycles. The number of nitrogens with zero attached hydrogens (tertiary/aromatic N) is 1. The van der Waals surface area contributed by atoms with Crippen molar-refractivity contribution in [2.24, 2.45) is 11.8 Å². The Morgan fingerprint density at radius 2 is 1.81 bits per heavy atom. The zero-order valence-corrected chi connectivity index (χ0v) is 15.9. The molecule has 140 valence electrons. The summed E-state index contributed by atoms with van der Waals surface area (Å²) in [6, 6.07) is 7.49. The van der Waals surface area contributed by atoms with Crippen molar-refractivity contribution in [3.63, 3.8) is 0 Å². The van der Waals surface area contributed by atoms with Crippen LogP contribution in [0.5, 0.6) is 0 Å². The number of carbonyl (C=O) groups is 2. The lowest BCUT2D eigenvalue weighted by Gasteiger charge is -2.33. The molecule has 1 heterocycles. The maximum atomic E-state index is 12.4. The predicted molar refractivity (Wildman–Crippen MR) is 104 cm³/mol. The molecule has 0 bridgehead atoms. The minimum Gasteiger partial charge on any atom is -0.352 e. The van der Waals surface area contributed by atoms with E-state index >= 15 is 0 Å². The standard InChI is InChI=1S/C21H27ClN2O2/c1-15-12-17(13-15)4-7-20(25)24-10-8-18(9-11-24)21(26)23-14-16-2-5-19(22)6-3-16/h2-3,5-6,17-18H,1,4,7-14H2,(H,23,26). The molecule has 1 aromatic rings. The van der Waals surface area contributed by atoms with Gasteiger partial charge in [-0.2, -0.15) is 0 Å². The molecule has 1 saturated heterocycles. The fourth-order valence-corrected chi connectivity index (χ4v) is 3.90. The Morgan fingerprint density at radius 1 is 1.15 bits per heavy atom. The van der Waals surface area contributed by atoms with Crippen LogP contribution >= 0.6 is 11.6 Å². The number of halogens is 1. The quantitative estimate of drug-likeness (QED) is 0.766. The summed E-state index contributed by atoms with van der Waals surface area (Å²) in [4.78, 5) is 26.6. The molecule has 3 rings (SSSR count). The van der Waals surface area contributed by atoms with Crippen molar-refractivity contribution in [3.05, 3.63) is 47.0 Å². The largest absolute Gasteiger partial charge is 0.352 e. The minimum absolute atomic E-state index is 0.00121. The third-order valence-electron chi connectivity index (χ3n) is 5.52. The lowest BCUT2D eigenvalue weighted by molar-refractivity contribution is -0.136. The van der Waals surface area contributed by atoms with Gasteiger partial charge in [-0.1, -0.05) is 35.9 Å². The molecule has 1 aliphatic heterocycles. The summed E-state index contributed by atoms with van der Waals surface area (Å²) in [6.07, 6.45) is 5.27. The van der Waals surface area contributed by atoms with Crippen LogP contribution in [0.3, 0.4) is 0 Å². The van der Waals surface area contributed by atoms with Crippen molar-refractivity contribution >= 4 is 23.4 Å². The van der Waals surface area contributed by atoms with E-state index in [1.54, 1.807) is 0 Å². The van der Waals surface area contributed by atoms with Crippen molar-refractivity contribution < 1.29 is 9.59 Å². The van der Waals surface area contributed by atoms with Gasteiger partial charge in [-0.3, -0.25) is 9.59 Å². The Labute approximate surface area is 160 Å². The highest BCUT2D eigenvalue weighted by Crippen LogP contribution is 2.35. The number of carbonyl (C=O) groups excluding carboxylic acids is 2. The SMILES string of the molecule is C=C1CC(CCC(=O)N2CCC(C(=O)NCc3ccc(Cl)cc3)CC2)C1. The van der Waals surface area contributed by atoms with Crippen LogP contribution in [0.4, 0.5) is 0 Å². The third kappa shape index (κ3) is 5.10. The predicted octanol–water partition coefficient (Wildman–Crippen LogP) is 3.94. The third-order valence-corrected chi connectivity index (χ3v) is 5.77. The molecular weight excluding hydrogens is 348 g/mol. The normalized spacial score (nSPS) is 18.5. The molecule has 2 fully saturated rings. The zero-order chi connectivity index (χ0) is 18.5. The smallest absolute Gasteiger partial charge is 0.223 e. The van der Waals surface area contributed by atoms with Gasteiger partial charge in [0.15, 0.2) is 0 Å². The van der Waals surface area contributed by atoms with Gasteiger partial charge in [0.2, 0.25) is 11.8 Å². The fraction of sp³-hybridized carbons (Fsp3) is 0.524. The van der Waals surface area contributed by atoms with Crippen LogP contribution in [0.15, 0.2) is 36.4 Å². The number of nitrogens with one attached hydrogen (secondary N) is 1. The van der Waals surface area contributed by atoms with Gasteiger partial charge in [-0.05, 0) is 55.7 Å². The van der Waals surface area contributed by atoms with E-state index in [9.17, 15) is 9.59 Å². The molecule has 1 aliphatic carbocycles. The van der Waals surface area contributed by atoms with Gasteiger partial charge in [0.25, 0.3) is 0 Å². The molecule has 0 radical (unpaired) electrons. The summed E-state index contributed by atoms with van der Waals surface area (Å²) >= 11 is 5.87. The van der Waals surface area contributed by atoms with E-state index in [0.29, 0.717) is 37.0 Å². The summed E-state index contributed by atoms with van der Waals surface area (Å²) in [7, 11) is 0. The Hall–Kier alpha value is -1.81. The van der Waals surface area contributed by atoms with E-state index in [0.717, 1.165) is 37.7 Å². The monoisotopic (exact) mass is 374 g/mol. The Kier molecular flexibility index (Phi) is 6.36. The van der Waals surface area contributed by atoms with Crippen LogP contribution in [-0.2, 0) is 16.1 Å². The van der Waals surface area contributed by atoms with E-state index in [1.807, 2.05) is 29.2 Å². The molecule has 26 heavy (non-hydrogen) atoms. The number of hydrogen-bond donors (Lipinski definition) is 1. The number of benzene rings is 1. The number of hydrogen-bond acceptors (Lipinski definition) is 2. The first kappa shape index (κ1) is 19.0. The van der Waals surface area contributed by atoms with Gasteiger partial charge in [-0.15, -0.1) is 0 Å². The second kappa shape index (κ2) is 8.72. The molecule has 0 atom stereocenters. The molecule has 2 aliphatic rings. The number of allylic oxidation sites excluding steroid dienone is 1. The van der Waals surface area contributed by atoms with Gasteiger partial charge in [0.1, 0.15) is 0 Å². The van der Waals surface area contributed by atoms with Crippen LogP contribution in [-0.4, -0.2) is 29.8 Å².